The maximum absolute atomic E-state index is 12.1. The molecule has 0 aliphatic carbocycles. The van der Waals surface area contributed by atoms with Crippen LogP contribution in [0.1, 0.15) is 5.56 Å². The third kappa shape index (κ3) is 4.01. The van der Waals surface area contributed by atoms with Crippen molar-refractivity contribution in [2.75, 3.05) is 19.7 Å². The molecule has 0 saturated carbocycles. The number of rotatable bonds is 5. The molecule has 0 unspecified atom stereocenters. The van der Waals surface area contributed by atoms with Crippen LogP contribution >= 0.6 is 15.9 Å². The highest BCUT2D eigenvalue weighted by atomic mass is 79.9. The van der Waals surface area contributed by atoms with Crippen LogP contribution in [0.25, 0.3) is 0 Å². The summed E-state index contributed by atoms with van der Waals surface area (Å²) in [7, 11) is 0. The topological polar surface area (TPSA) is 51.7 Å². The van der Waals surface area contributed by atoms with E-state index in [1.54, 1.807) is 11.1 Å². The number of ether oxygens (including phenoxy) is 2. The van der Waals surface area contributed by atoms with E-state index in [9.17, 15) is 4.79 Å². The second-order valence-corrected chi connectivity index (χ2v) is 6.29. The average Bonchev–Trinajstić information content (AvgIpc) is 2.51. The third-order valence-electron chi connectivity index (χ3n) is 3.59. The van der Waals surface area contributed by atoms with Crippen LogP contribution in [0.5, 0.6) is 11.6 Å². The second-order valence-electron chi connectivity index (χ2n) is 5.43. The molecule has 2 aromatic rings. The molecule has 0 radical (unpaired) electrons. The van der Waals surface area contributed by atoms with Crippen LogP contribution in [0, 0.1) is 6.92 Å². The van der Waals surface area contributed by atoms with E-state index in [1.807, 2.05) is 43.3 Å². The van der Waals surface area contributed by atoms with Crippen molar-refractivity contribution in [2.24, 2.45) is 0 Å². The number of aromatic nitrogens is 1. The van der Waals surface area contributed by atoms with Crippen LogP contribution in [-0.2, 0) is 4.79 Å². The highest BCUT2D eigenvalue weighted by Crippen LogP contribution is 2.24. The van der Waals surface area contributed by atoms with Crippen molar-refractivity contribution >= 4 is 21.8 Å². The van der Waals surface area contributed by atoms with Gasteiger partial charge in [-0.2, -0.15) is 0 Å². The molecule has 120 valence electrons. The van der Waals surface area contributed by atoms with Gasteiger partial charge in [-0.05, 0) is 47.1 Å². The van der Waals surface area contributed by atoms with Gasteiger partial charge in [-0.1, -0.05) is 17.7 Å². The number of likely N-dealkylation sites (tertiary alicyclic amines) is 1. The Kier molecular flexibility index (Phi) is 4.81. The Labute approximate surface area is 143 Å². The number of halogens is 1. The zero-order chi connectivity index (χ0) is 16.2. The van der Waals surface area contributed by atoms with E-state index in [0.29, 0.717) is 24.7 Å². The van der Waals surface area contributed by atoms with Gasteiger partial charge in [0.05, 0.1) is 17.6 Å². The van der Waals surface area contributed by atoms with E-state index < -0.39 is 0 Å². The van der Waals surface area contributed by atoms with Gasteiger partial charge < -0.3 is 14.4 Å². The molecule has 1 saturated heterocycles. The van der Waals surface area contributed by atoms with Gasteiger partial charge >= 0.3 is 0 Å². The molecule has 1 aromatic heterocycles. The Morgan fingerprint density at radius 3 is 2.74 bits per heavy atom. The largest absolute Gasteiger partial charge is 0.484 e. The van der Waals surface area contributed by atoms with Crippen LogP contribution in [0.2, 0.25) is 0 Å². The molecule has 5 nitrogen and oxygen atoms in total. The highest BCUT2D eigenvalue weighted by Gasteiger charge is 2.33. The molecular weight excluding hydrogens is 360 g/mol. The minimum absolute atomic E-state index is 0.0236. The summed E-state index contributed by atoms with van der Waals surface area (Å²) in [4.78, 5) is 17.9. The molecule has 1 aliphatic rings. The van der Waals surface area contributed by atoms with Gasteiger partial charge in [0.15, 0.2) is 6.61 Å². The lowest BCUT2D eigenvalue weighted by molar-refractivity contribution is -0.142. The van der Waals surface area contributed by atoms with E-state index in [-0.39, 0.29) is 18.6 Å². The lowest BCUT2D eigenvalue weighted by Gasteiger charge is -2.38. The Morgan fingerprint density at radius 2 is 2.04 bits per heavy atom. The number of hydrogen-bond donors (Lipinski definition) is 0. The first-order chi connectivity index (χ1) is 11.1. The molecule has 23 heavy (non-hydrogen) atoms. The Hall–Kier alpha value is -2.08. The summed E-state index contributed by atoms with van der Waals surface area (Å²) < 4.78 is 12.1. The zero-order valence-corrected chi connectivity index (χ0v) is 14.3. The summed E-state index contributed by atoms with van der Waals surface area (Å²) >= 11 is 3.39. The lowest BCUT2D eigenvalue weighted by atomic mass is 10.1. The fourth-order valence-electron chi connectivity index (χ4n) is 2.20. The van der Waals surface area contributed by atoms with Gasteiger partial charge in [0.1, 0.15) is 11.9 Å². The van der Waals surface area contributed by atoms with E-state index in [1.165, 1.54) is 0 Å². The van der Waals surface area contributed by atoms with E-state index >= 15 is 0 Å². The number of carbonyl (C=O) groups excluding carboxylic acids is 1. The molecule has 1 fully saturated rings. The molecule has 1 aliphatic heterocycles. The van der Waals surface area contributed by atoms with Gasteiger partial charge in [-0.3, -0.25) is 4.79 Å². The number of hydrogen-bond acceptors (Lipinski definition) is 4. The fourth-order valence-corrected chi connectivity index (χ4v) is 2.55. The Morgan fingerprint density at radius 1 is 1.30 bits per heavy atom. The summed E-state index contributed by atoms with van der Waals surface area (Å²) in [5, 5.41) is 0. The van der Waals surface area contributed by atoms with Crippen molar-refractivity contribution in [1.82, 2.24) is 9.88 Å². The third-order valence-corrected chi connectivity index (χ3v) is 4.19. The molecule has 6 heteroatoms. The van der Waals surface area contributed by atoms with Gasteiger partial charge in [-0.25, -0.2) is 4.98 Å². The smallest absolute Gasteiger partial charge is 0.260 e. The number of benzene rings is 1. The molecule has 2 heterocycles. The number of aryl methyl sites for hydroxylation is 1. The maximum atomic E-state index is 12.1. The molecule has 1 aromatic carbocycles. The minimum atomic E-state index is -0.0366. The van der Waals surface area contributed by atoms with Crippen LogP contribution < -0.4 is 9.47 Å². The van der Waals surface area contributed by atoms with E-state index in [0.717, 1.165) is 10.0 Å². The predicted octanol–water partition coefficient (Wildman–Crippen LogP) is 2.82. The van der Waals surface area contributed by atoms with Gasteiger partial charge in [0.2, 0.25) is 5.88 Å². The summed E-state index contributed by atoms with van der Waals surface area (Å²) in [6.45, 7) is 3.16. The summed E-state index contributed by atoms with van der Waals surface area (Å²) in [5.41, 5.74) is 1.16. The molecule has 1 amide bonds. The predicted molar refractivity (Wildman–Crippen MR) is 89.6 cm³/mol. The normalized spacial score (nSPS) is 14.3. The van der Waals surface area contributed by atoms with Crippen molar-refractivity contribution in [3.8, 4) is 11.6 Å². The van der Waals surface area contributed by atoms with Crippen molar-refractivity contribution in [2.45, 2.75) is 13.0 Å². The first kappa shape index (κ1) is 15.8. The quantitative estimate of drug-likeness (QED) is 0.804. The first-order valence-corrected chi connectivity index (χ1v) is 8.15. The van der Waals surface area contributed by atoms with Gasteiger partial charge in [0, 0.05) is 6.20 Å². The molecule has 0 N–H and O–H groups in total. The lowest BCUT2D eigenvalue weighted by Crippen LogP contribution is -2.57. The summed E-state index contributed by atoms with van der Waals surface area (Å²) in [6, 6.07) is 11.3. The van der Waals surface area contributed by atoms with Crippen molar-refractivity contribution in [3.63, 3.8) is 0 Å². The highest BCUT2D eigenvalue weighted by molar-refractivity contribution is 9.10. The zero-order valence-electron chi connectivity index (χ0n) is 12.7. The van der Waals surface area contributed by atoms with E-state index in [2.05, 4.69) is 20.9 Å². The molecular formula is C17H17BrN2O3. The monoisotopic (exact) mass is 376 g/mol. The number of carbonyl (C=O) groups is 1. The first-order valence-electron chi connectivity index (χ1n) is 7.36. The maximum Gasteiger partial charge on any atom is 0.260 e. The summed E-state index contributed by atoms with van der Waals surface area (Å²) in [5.74, 6) is 1.22. The van der Waals surface area contributed by atoms with E-state index in [4.69, 9.17) is 9.47 Å². The minimum Gasteiger partial charge on any atom is -0.484 e. The molecule has 0 atom stereocenters. The van der Waals surface area contributed by atoms with Gasteiger partial charge in [-0.15, -0.1) is 0 Å². The van der Waals surface area contributed by atoms with Crippen molar-refractivity contribution in [1.29, 1.82) is 0 Å². The number of pyridine rings is 1. The average molecular weight is 377 g/mol. The fraction of sp³-hybridized carbons (Fsp3) is 0.294. The van der Waals surface area contributed by atoms with Crippen LogP contribution in [0.3, 0.4) is 0 Å². The van der Waals surface area contributed by atoms with Crippen LogP contribution in [0.15, 0.2) is 47.1 Å². The molecule has 0 bridgehead atoms. The SMILES string of the molecule is Cc1ccc(OCC(=O)N2CC(Oc3ncccc3Br)C2)cc1. The van der Waals surface area contributed by atoms with Crippen LogP contribution in [0.4, 0.5) is 0 Å². The molecule has 3 rings (SSSR count). The number of amides is 1. The van der Waals surface area contributed by atoms with Gasteiger partial charge in [0.25, 0.3) is 5.91 Å². The second kappa shape index (κ2) is 7.00. The van der Waals surface area contributed by atoms with Crippen LogP contribution in [-0.4, -0.2) is 41.6 Å². The standard InChI is InChI=1S/C17H17BrN2O3/c1-12-4-6-13(7-5-12)22-11-16(21)20-9-14(10-20)23-17-15(18)3-2-8-19-17/h2-8,14H,9-11H2,1H3. The van der Waals surface area contributed by atoms with Crippen molar-refractivity contribution < 1.29 is 14.3 Å². The molecule has 0 spiro atoms. The van der Waals surface area contributed by atoms with Crippen molar-refractivity contribution in [3.05, 3.63) is 52.6 Å². The Bertz CT molecular complexity index is 684. The summed E-state index contributed by atoms with van der Waals surface area (Å²) in [6.07, 6.45) is 1.65. The Balaban J connectivity index is 1.43. The number of nitrogens with zero attached hydrogens (tertiary/aromatic N) is 2.